The maximum Gasteiger partial charge on any atom is 0.181 e. The van der Waals surface area contributed by atoms with Gasteiger partial charge in [0.05, 0.1) is 5.69 Å². The Kier molecular flexibility index (Phi) is 3.26. The minimum atomic E-state index is 0.699. The zero-order valence-electron chi connectivity index (χ0n) is 8.13. The van der Waals surface area contributed by atoms with Crippen LogP contribution in [-0.4, -0.2) is 4.98 Å². The predicted octanol–water partition coefficient (Wildman–Crippen LogP) is 4.31. The minimum Gasteiger partial charge on any atom is -0.443 e. The summed E-state index contributed by atoms with van der Waals surface area (Å²) in [5.74, 6) is 0.839. The molecule has 1 aromatic heterocycles. The van der Waals surface area contributed by atoms with E-state index >= 15 is 0 Å². The lowest BCUT2D eigenvalue weighted by atomic mass is 10.1. The predicted molar refractivity (Wildman–Crippen MR) is 67.0 cm³/mol. The molecule has 0 aliphatic carbocycles. The average Bonchev–Trinajstić information content (AvgIpc) is 2.69. The molecule has 0 aliphatic heterocycles. The zero-order valence-corrected chi connectivity index (χ0v) is 11.3. The lowest BCUT2D eigenvalue weighted by Gasteiger charge is -2.04. The van der Waals surface area contributed by atoms with Crippen molar-refractivity contribution in [2.45, 2.75) is 12.3 Å². The van der Waals surface area contributed by atoms with Crippen molar-refractivity contribution in [3.05, 3.63) is 40.3 Å². The summed E-state index contributed by atoms with van der Waals surface area (Å²) in [6.07, 6.45) is 1.48. The summed E-state index contributed by atoms with van der Waals surface area (Å²) in [5, 5.41) is 0.699. The first-order valence-corrected chi connectivity index (χ1v) is 6.38. The molecule has 0 saturated carbocycles. The molecular weight excluding hydrogens is 322 g/mol. The van der Waals surface area contributed by atoms with Crippen LogP contribution in [0.2, 0.25) is 0 Å². The van der Waals surface area contributed by atoms with Gasteiger partial charge in [-0.1, -0.05) is 37.9 Å². The molecule has 1 aromatic carbocycles. The quantitative estimate of drug-likeness (QED) is 0.767. The van der Waals surface area contributed by atoms with Gasteiger partial charge in [-0.2, -0.15) is 0 Å². The van der Waals surface area contributed by atoms with E-state index < -0.39 is 0 Å². The van der Waals surface area contributed by atoms with Crippen LogP contribution in [0.4, 0.5) is 0 Å². The monoisotopic (exact) mass is 329 g/mol. The molecule has 2 aromatic rings. The first-order valence-electron chi connectivity index (χ1n) is 4.47. The van der Waals surface area contributed by atoms with Crippen LogP contribution in [0.3, 0.4) is 0 Å². The van der Waals surface area contributed by atoms with Gasteiger partial charge in [0.2, 0.25) is 0 Å². The van der Waals surface area contributed by atoms with Crippen LogP contribution in [0.25, 0.3) is 11.3 Å². The molecule has 15 heavy (non-hydrogen) atoms. The SMILES string of the molecule is Cc1ccc(Br)cc1-c1ocnc1CBr. The highest BCUT2D eigenvalue weighted by Gasteiger charge is 2.12. The van der Waals surface area contributed by atoms with Crippen LogP contribution in [-0.2, 0) is 5.33 Å². The number of rotatable bonds is 2. The second kappa shape index (κ2) is 4.49. The maximum absolute atomic E-state index is 5.42. The Morgan fingerprint density at radius 2 is 2.20 bits per heavy atom. The highest BCUT2D eigenvalue weighted by Crippen LogP contribution is 2.29. The topological polar surface area (TPSA) is 26.0 Å². The van der Waals surface area contributed by atoms with Gasteiger partial charge in [0, 0.05) is 15.4 Å². The molecule has 2 rings (SSSR count). The fourth-order valence-electron chi connectivity index (χ4n) is 1.42. The van der Waals surface area contributed by atoms with Crippen LogP contribution in [0.1, 0.15) is 11.3 Å². The number of aryl methyl sites for hydroxylation is 1. The Balaban J connectivity index is 2.58. The number of nitrogens with zero attached hydrogens (tertiary/aromatic N) is 1. The lowest BCUT2D eigenvalue weighted by molar-refractivity contribution is 0.571. The standard InChI is InChI=1S/C11H9Br2NO/c1-7-2-3-8(13)4-9(7)11-10(5-12)14-6-15-11/h2-4,6H,5H2,1H3. The van der Waals surface area contributed by atoms with E-state index in [0.717, 1.165) is 21.5 Å². The summed E-state index contributed by atoms with van der Waals surface area (Å²) in [7, 11) is 0. The summed E-state index contributed by atoms with van der Waals surface area (Å²) in [4.78, 5) is 4.15. The molecule has 0 amide bonds. The Morgan fingerprint density at radius 3 is 2.93 bits per heavy atom. The maximum atomic E-state index is 5.42. The lowest BCUT2D eigenvalue weighted by Crippen LogP contribution is -1.86. The molecule has 0 spiro atoms. The van der Waals surface area contributed by atoms with Crippen molar-refractivity contribution in [1.29, 1.82) is 0 Å². The van der Waals surface area contributed by atoms with E-state index in [0.29, 0.717) is 5.33 Å². The van der Waals surface area contributed by atoms with Crippen LogP contribution in [0, 0.1) is 6.92 Å². The molecule has 0 fully saturated rings. The Hall–Kier alpha value is -0.610. The molecule has 1 heterocycles. The Bertz CT molecular complexity index is 479. The van der Waals surface area contributed by atoms with E-state index in [1.807, 2.05) is 12.1 Å². The van der Waals surface area contributed by atoms with Gasteiger partial charge in [0.25, 0.3) is 0 Å². The Labute approximate surface area is 105 Å². The highest BCUT2D eigenvalue weighted by atomic mass is 79.9. The number of oxazole rings is 1. The van der Waals surface area contributed by atoms with Crippen molar-refractivity contribution in [3.63, 3.8) is 0 Å². The van der Waals surface area contributed by atoms with Gasteiger partial charge >= 0.3 is 0 Å². The summed E-state index contributed by atoms with van der Waals surface area (Å²) in [6, 6.07) is 6.12. The van der Waals surface area contributed by atoms with Crippen molar-refractivity contribution < 1.29 is 4.42 Å². The van der Waals surface area contributed by atoms with Crippen molar-refractivity contribution >= 4 is 31.9 Å². The van der Waals surface area contributed by atoms with Gasteiger partial charge in [-0.25, -0.2) is 4.98 Å². The summed E-state index contributed by atoms with van der Waals surface area (Å²) in [5.41, 5.74) is 3.18. The normalized spacial score (nSPS) is 10.6. The molecule has 2 nitrogen and oxygen atoms in total. The van der Waals surface area contributed by atoms with Gasteiger partial charge in [-0.15, -0.1) is 0 Å². The molecule has 0 radical (unpaired) electrons. The third kappa shape index (κ3) is 2.16. The number of alkyl halides is 1. The van der Waals surface area contributed by atoms with E-state index in [9.17, 15) is 0 Å². The van der Waals surface area contributed by atoms with Gasteiger partial charge in [-0.3, -0.25) is 0 Å². The molecule has 0 atom stereocenters. The molecule has 0 N–H and O–H groups in total. The molecule has 0 unspecified atom stereocenters. The summed E-state index contributed by atoms with van der Waals surface area (Å²) in [6.45, 7) is 2.06. The third-order valence-corrected chi connectivity index (χ3v) is 3.24. The van der Waals surface area contributed by atoms with E-state index in [1.165, 1.54) is 12.0 Å². The molecule has 0 saturated heterocycles. The molecule has 4 heteroatoms. The Morgan fingerprint density at radius 1 is 1.40 bits per heavy atom. The fraction of sp³-hybridized carbons (Fsp3) is 0.182. The fourth-order valence-corrected chi connectivity index (χ4v) is 2.18. The van der Waals surface area contributed by atoms with Crippen LogP contribution in [0.15, 0.2) is 33.5 Å². The highest BCUT2D eigenvalue weighted by molar-refractivity contribution is 9.10. The van der Waals surface area contributed by atoms with Crippen molar-refractivity contribution in [1.82, 2.24) is 4.98 Å². The molecule has 78 valence electrons. The van der Waals surface area contributed by atoms with E-state index in [-0.39, 0.29) is 0 Å². The molecule has 0 aliphatic rings. The van der Waals surface area contributed by atoms with E-state index in [2.05, 4.69) is 49.8 Å². The number of benzene rings is 1. The number of hydrogen-bond donors (Lipinski definition) is 0. The third-order valence-electron chi connectivity index (χ3n) is 2.21. The number of hydrogen-bond acceptors (Lipinski definition) is 2. The molecule has 0 bridgehead atoms. The first-order chi connectivity index (χ1) is 7.22. The van der Waals surface area contributed by atoms with Gasteiger partial charge in [0.15, 0.2) is 12.2 Å². The van der Waals surface area contributed by atoms with Crippen LogP contribution >= 0.6 is 31.9 Å². The minimum absolute atomic E-state index is 0.699. The first kappa shape index (κ1) is 10.9. The summed E-state index contributed by atoms with van der Waals surface area (Å²) < 4.78 is 6.46. The van der Waals surface area contributed by atoms with Crippen LogP contribution < -0.4 is 0 Å². The van der Waals surface area contributed by atoms with Gasteiger partial charge in [0.1, 0.15) is 0 Å². The molecular formula is C11H9Br2NO. The van der Waals surface area contributed by atoms with Crippen LogP contribution in [0.5, 0.6) is 0 Å². The van der Waals surface area contributed by atoms with Crippen molar-refractivity contribution in [2.75, 3.05) is 0 Å². The van der Waals surface area contributed by atoms with E-state index in [4.69, 9.17) is 4.42 Å². The van der Waals surface area contributed by atoms with E-state index in [1.54, 1.807) is 0 Å². The smallest absolute Gasteiger partial charge is 0.181 e. The summed E-state index contributed by atoms with van der Waals surface area (Å²) >= 11 is 6.85. The zero-order chi connectivity index (χ0) is 10.8. The average molecular weight is 331 g/mol. The largest absolute Gasteiger partial charge is 0.443 e. The number of aromatic nitrogens is 1. The van der Waals surface area contributed by atoms with Gasteiger partial charge < -0.3 is 4.42 Å². The van der Waals surface area contributed by atoms with Gasteiger partial charge in [-0.05, 0) is 24.6 Å². The second-order valence-electron chi connectivity index (χ2n) is 3.22. The second-order valence-corrected chi connectivity index (χ2v) is 4.70. The van der Waals surface area contributed by atoms with Crippen molar-refractivity contribution in [3.8, 4) is 11.3 Å². The number of halogens is 2. The van der Waals surface area contributed by atoms with Crippen molar-refractivity contribution in [2.24, 2.45) is 0 Å².